The van der Waals surface area contributed by atoms with E-state index in [1.165, 1.54) is 5.56 Å². The lowest BCUT2D eigenvalue weighted by atomic mass is 10.2. The minimum atomic E-state index is 0.0333. The van der Waals surface area contributed by atoms with Gasteiger partial charge < -0.3 is 15.0 Å². The van der Waals surface area contributed by atoms with Crippen molar-refractivity contribution < 1.29 is 9.53 Å². The maximum absolute atomic E-state index is 12.4. The van der Waals surface area contributed by atoms with Gasteiger partial charge >= 0.3 is 0 Å². The highest BCUT2D eigenvalue weighted by Gasteiger charge is 2.21. The number of halogens is 1. The maximum atomic E-state index is 12.4. The molecule has 26 heavy (non-hydrogen) atoms. The lowest BCUT2D eigenvalue weighted by Gasteiger charge is -2.34. The minimum Gasteiger partial charge on any atom is -0.484 e. The predicted octanol–water partition coefficient (Wildman–Crippen LogP) is 3.10. The van der Waals surface area contributed by atoms with E-state index < -0.39 is 0 Å². The zero-order chi connectivity index (χ0) is 18.4. The van der Waals surface area contributed by atoms with Gasteiger partial charge in [-0.15, -0.1) is 0 Å². The fraction of sp³-hybridized carbons (Fsp3) is 0.350. The second-order valence-corrected chi connectivity index (χ2v) is 6.79. The first-order valence-electron chi connectivity index (χ1n) is 8.79. The molecule has 6 heteroatoms. The van der Waals surface area contributed by atoms with Gasteiger partial charge in [0.05, 0.1) is 0 Å². The van der Waals surface area contributed by atoms with E-state index in [1.807, 2.05) is 60.5 Å². The van der Waals surface area contributed by atoms with Gasteiger partial charge in [0.25, 0.3) is 5.91 Å². The van der Waals surface area contributed by atoms with Crippen LogP contribution in [0.25, 0.3) is 0 Å². The number of nitrogens with zero attached hydrogens (tertiary/aromatic N) is 2. The molecule has 138 valence electrons. The Labute approximate surface area is 159 Å². The molecule has 0 atom stereocenters. The number of carbonyl (C=O) groups excluding carboxylic acids is 1. The number of benzene rings is 2. The van der Waals surface area contributed by atoms with Crippen molar-refractivity contribution in [3.63, 3.8) is 0 Å². The predicted molar refractivity (Wildman–Crippen MR) is 105 cm³/mol. The molecule has 2 aromatic rings. The monoisotopic (exact) mass is 373 g/mol. The van der Waals surface area contributed by atoms with Gasteiger partial charge in [0, 0.05) is 56.5 Å². The van der Waals surface area contributed by atoms with Crippen LogP contribution >= 0.6 is 11.6 Å². The first kappa shape index (κ1) is 18.5. The van der Waals surface area contributed by atoms with E-state index in [4.69, 9.17) is 16.3 Å². The Morgan fingerprint density at radius 1 is 1.12 bits per heavy atom. The molecule has 1 saturated heterocycles. The molecule has 1 aliphatic heterocycles. The summed E-state index contributed by atoms with van der Waals surface area (Å²) in [5.74, 6) is 0.734. The highest BCUT2D eigenvalue weighted by Crippen LogP contribution is 2.17. The molecule has 0 spiro atoms. The number of piperazine rings is 1. The highest BCUT2D eigenvalue weighted by atomic mass is 35.5. The van der Waals surface area contributed by atoms with Crippen LogP contribution in [0.15, 0.2) is 48.5 Å². The van der Waals surface area contributed by atoms with Gasteiger partial charge in [-0.3, -0.25) is 9.69 Å². The lowest BCUT2D eigenvalue weighted by Crippen LogP contribution is -2.49. The van der Waals surface area contributed by atoms with E-state index >= 15 is 0 Å². The summed E-state index contributed by atoms with van der Waals surface area (Å²) in [5.41, 5.74) is 2.20. The van der Waals surface area contributed by atoms with E-state index in [-0.39, 0.29) is 12.5 Å². The summed E-state index contributed by atoms with van der Waals surface area (Å²) in [6.45, 7) is 4.14. The largest absolute Gasteiger partial charge is 0.484 e. The zero-order valence-electron chi connectivity index (χ0n) is 15.0. The lowest BCUT2D eigenvalue weighted by molar-refractivity contribution is -0.135. The summed E-state index contributed by atoms with van der Waals surface area (Å²) in [6, 6.07) is 15.5. The van der Waals surface area contributed by atoms with E-state index in [0.29, 0.717) is 5.75 Å². The van der Waals surface area contributed by atoms with Crippen molar-refractivity contribution in [1.82, 2.24) is 9.80 Å². The first-order chi connectivity index (χ1) is 12.6. The molecule has 0 unspecified atom stereocenters. The summed E-state index contributed by atoms with van der Waals surface area (Å²) in [4.78, 5) is 16.6. The maximum Gasteiger partial charge on any atom is 0.260 e. The molecule has 5 nitrogen and oxygen atoms in total. The van der Waals surface area contributed by atoms with Crippen LogP contribution in [0, 0.1) is 0 Å². The molecule has 1 fully saturated rings. The number of nitrogens with one attached hydrogen (secondary N) is 1. The number of ether oxygens (including phenoxy) is 1. The van der Waals surface area contributed by atoms with E-state index in [0.717, 1.165) is 43.4 Å². The number of hydrogen-bond acceptors (Lipinski definition) is 4. The van der Waals surface area contributed by atoms with Crippen molar-refractivity contribution in [3.05, 3.63) is 59.1 Å². The van der Waals surface area contributed by atoms with Crippen molar-refractivity contribution in [3.8, 4) is 5.75 Å². The molecule has 0 bridgehead atoms. The zero-order valence-corrected chi connectivity index (χ0v) is 15.7. The average molecular weight is 374 g/mol. The Hall–Kier alpha value is -2.24. The van der Waals surface area contributed by atoms with Crippen LogP contribution in [0.3, 0.4) is 0 Å². The molecule has 2 aromatic carbocycles. The fourth-order valence-corrected chi connectivity index (χ4v) is 3.11. The Morgan fingerprint density at radius 2 is 1.85 bits per heavy atom. The summed E-state index contributed by atoms with van der Waals surface area (Å²) < 4.78 is 5.64. The van der Waals surface area contributed by atoms with Gasteiger partial charge in [0.15, 0.2) is 6.61 Å². The van der Waals surface area contributed by atoms with Crippen molar-refractivity contribution in [2.75, 3.05) is 45.2 Å². The summed E-state index contributed by atoms with van der Waals surface area (Å²) >= 11 is 5.93. The van der Waals surface area contributed by atoms with Crippen molar-refractivity contribution in [2.45, 2.75) is 6.54 Å². The summed E-state index contributed by atoms with van der Waals surface area (Å²) in [5, 5.41) is 3.81. The van der Waals surface area contributed by atoms with Gasteiger partial charge in [-0.25, -0.2) is 0 Å². The van der Waals surface area contributed by atoms with Crippen molar-refractivity contribution in [1.29, 1.82) is 0 Å². The number of rotatable bonds is 6. The Kier molecular flexibility index (Phi) is 6.36. The van der Waals surface area contributed by atoms with Gasteiger partial charge in [-0.2, -0.15) is 0 Å². The molecule has 0 aliphatic carbocycles. The second-order valence-electron chi connectivity index (χ2n) is 6.35. The third kappa shape index (κ3) is 5.13. The van der Waals surface area contributed by atoms with Gasteiger partial charge in [0.2, 0.25) is 0 Å². The molecule has 1 amide bonds. The SMILES string of the molecule is CNc1cccc(OCC(=O)N2CCN(Cc3ccc(Cl)cc3)CC2)c1. The van der Waals surface area contributed by atoms with Gasteiger partial charge in [0.1, 0.15) is 5.75 Å². The fourth-order valence-electron chi connectivity index (χ4n) is 2.98. The Bertz CT molecular complexity index is 728. The molecule has 0 saturated carbocycles. The van der Waals surface area contributed by atoms with Crippen LogP contribution in [0.1, 0.15) is 5.56 Å². The summed E-state index contributed by atoms with van der Waals surface area (Å²) in [7, 11) is 1.85. The van der Waals surface area contributed by atoms with E-state index in [2.05, 4.69) is 10.2 Å². The number of carbonyl (C=O) groups is 1. The molecular weight excluding hydrogens is 350 g/mol. The molecule has 1 aliphatic rings. The normalized spacial score (nSPS) is 14.9. The second kappa shape index (κ2) is 8.92. The van der Waals surface area contributed by atoms with Crippen LogP contribution < -0.4 is 10.1 Å². The van der Waals surface area contributed by atoms with Gasteiger partial charge in [-0.05, 0) is 29.8 Å². The highest BCUT2D eigenvalue weighted by molar-refractivity contribution is 6.30. The van der Waals surface area contributed by atoms with Crippen LogP contribution in [-0.2, 0) is 11.3 Å². The van der Waals surface area contributed by atoms with E-state index in [9.17, 15) is 4.79 Å². The van der Waals surface area contributed by atoms with Crippen molar-refractivity contribution >= 4 is 23.2 Å². The third-order valence-corrected chi connectivity index (χ3v) is 4.78. The summed E-state index contributed by atoms with van der Waals surface area (Å²) in [6.07, 6.45) is 0. The van der Waals surface area contributed by atoms with Gasteiger partial charge in [-0.1, -0.05) is 29.8 Å². The topological polar surface area (TPSA) is 44.8 Å². The van der Waals surface area contributed by atoms with Crippen LogP contribution in [0.4, 0.5) is 5.69 Å². The quantitative estimate of drug-likeness (QED) is 0.845. The number of hydrogen-bond donors (Lipinski definition) is 1. The first-order valence-corrected chi connectivity index (χ1v) is 9.17. The average Bonchev–Trinajstić information content (AvgIpc) is 2.68. The molecule has 1 heterocycles. The Morgan fingerprint density at radius 3 is 2.54 bits per heavy atom. The smallest absolute Gasteiger partial charge is 0.260 e. The van der Waals surface area contributed by atoms with Crippen LogP contribution in [0.5, 0.6) is 5.75 Å². The Balaban J connectivity index is 1.43. The minimum absolute atomic E-state index is 0.0333. The van der Waals surface area contributed by atoms with Crippen molar-refractivity contribution in [2.24, 2.45) is 0 Å². The molecule has 3 rings (SSSR count). The van der Waals surface area contributed by atoms with E-state index in [1.54, 1.807) is 0 Å². The third-order valence-electron chi connectivity index (χ3n) is 4.53. The number of anilines is 1. The van der Waals surface area contributed by atoms with Crippen LogP contribution in [-0.4, -0.2) is 55.5 Å². The standard InChI is InChI=1S/C20H24ClN3O2/c1-22-18-3-2-4-19(13-18)26-15-20(25)24-11-9-23(10-12-24)14-16-5-7-17(21)8-6-16/h2-8,13,22H,9-12,14-15H2,1H3. The molecule has 0 radical (unpaired) electrons. The molecule has 0 aromatic heterocycles. The molecular formula is C20H24ClN3O2. The van der Waals surface area contributed by atoms with Crippen LogP contribution in [0.2, 0.25) is 5.02 Å². The molecule has 1 N–H and O–H groups in total. The number of amides is 1.